The van der Waals surface area contributed by atoms with E-state index in [0.29, 0.717) is 27.4 Å². The van der Waals surface area contributed by atoms with Crippen molar-refractivity contribution in [2.24, 2.45) is 0 Å². The maximum atomic E-state index is 13.0. The number of hydrogen-bond donors (Lipinski definition) is 0. The van der Waals surface area contributed by atoms with Gasteiger partial charge in [0, 0.05) is 4.88 Å². The highest BCUT2D eigenvalue weighted by Gasteiger charge is 2.25. The third kappa shape index (κ3) is 2.62. The zero-order chi connectivity index (χ0) is 17.6. The molecular formula is C20H14O4S. The molecule has 4 aromatic rings. The Labute approximate surface area is 147 Å². The molecule has 0 aliphatic carbocycles. The van der Waals surface area contributed by atoms with Crippen molar-refractivity contribution in [3.63, 3.8) is 0 Å². The lowest BCUT2D eigenvalue weighted by atomic mass is 10.0. The summed E-state index contributed by atoms with van der Waals surface area (Å²) < 4.78 is 11.5. The van der Waals surface area contributed by atoms with E-state index < -0.39 is 0 Å². The fraction of sp³-hybridized carbons (Fsp3) is 0.100. The first-order chi connectivity index (χ1) is 12.0. The van der Waals surface area contributed by atoms with Gasteiger partial charge in [-0.25, -0.2) is 0 Å². The maximum Gasteiger partial charge on any atom is 0.210 e. The van der Waals surface area contributed by atoms with E-state index in [2.05, 4.69) is 0 Å². The molecule has 4 rings (SSSR count). The summed E-state index contributed by atoms with van der Waals surface area (Å²) in [6.07, 6.45) is 0. The summed E-state index contributed by atoms with van der Waals surface area (Å²) >= 11 is 1.35. The molecule has 0 atom stereocenters. The summed E-state index contributed by atoms with van der Waals surface area (Å²) in [4.78, 5) is 27.6. The molecule has 0 spiro atoms. The predicted molar refractivity (Wildman–Crippen MR) is 97.4 cm³/mol. The van der Waals surface area contributed by atoms with Crippen molar-refractivity contribution < 1.29 is 13.6 Å². The molecule has 0 saturated heterocycles. The molecular weight excluding hydrogens is 336 g/mol. The summed E-state index contributed by atoms with van der Waals surface area (Å²) in [5.74, 6) is 0.877. The Balaban J connectivity index is 2.05. The molecule has 3 aromatic heterocycles. The van der Waals surface area contributed by atoms with Crippen LogP contribution < -0.4 is 5.43 Å². The second-order valence-electron chi connectivity index (χ2n) is 5.78. The molecule has 0 fully saturated rings. The average Bonchev–Trinajstić information content (AvgIpc) is 3.23. The Kier molecular flexibility index (Phi) is 3.66. The third-order valence-electron chi connectivity index (χ3n) is 3.95. The zero-order valence-corrected chi connectivity index (χ0v) is 14.5. The monoisotopic (exact) mass is 350 g/mol. The van der Waals surface area contributed by atoms with Gasteiger partial charge in [-0.15, -0.1) is 11.3 Å². The lowest BCUT2D eigenvalue weighted by Gasteiger charge is -2.07. The molecule has 0 bridgehead atoms. The number of thiophene rings is 1. The normalized spacial score (nSPS) is 11.1. The summed E-state index contributed by atoms with van der Waals surface area (Å²) in [5.41, 5.74) is 0.0901. The van der Waals surface area contributed by atoms with Crippen molar-refractivity contribution in [3.05, 3.63) is 79.8 Å². The van der Waals surface area contributed by atoms with Crippen LogP contribution in [0.3, 0.4) is 0 Å². The number of carbonyl (C=O) groups excluding carboxylic acids is 1. The van der Waals surface area contributed by atoms with Crippen molar-refractivity contribution >= 4 is 28.1 Å². The van der Waals surface area contributed by atoms with Crippen molar-refractivity contribution in [2.45, 2.75) is 13.8 Å². The van der Waals surface area contributed by atoms with Gasteiger partial charge >= 0.3 is 0 Å². The highest BCUT2D eigenvalue weighted by atomic mass is 32.1. The van der Waals surface area contributed by atoms with E-state index in [-0.39, 0.29) is 22.5 Å². The number of rotatable bonds is 3. The Bertz CT molecular complexity index is 1160. The van der Waals surface area contributed by atoms with Gasteiger partial charge in [0.25, 0.3) is 0 Å². The first-order valence-corrected chi connectivity index (χ1v) is 8.60. The number of carbonyl (C=O) groups is 1. The Morgan fingerprint density at radius 3 is 2.44 bits per heavy atom. The van der Waals surface area contributed by atoms with Gasteiger partial charge in [0.05, 0.1) is 10.3 Å². The Hall–Kier alpha value is -2.92. The summed E-state index contributed by atoms with van der Waals surface area (Å²) in [6, 6.07) is 14.0. The molecule has 0 radical (unpaired) electrons. The van der Waals surface area contributed by atoms with Gasteiger partial charge in [0.2, 0.25) is 11.2 Å². The third-order valence-corrected chi connectivity index (χ3v) is 4.95. The van der Waals surface area contributed by atoms with Crippen LogP contribution in [0, 0.1) is 13.8 Å². The molecule has 4 nitrogen and oxygen atoms in total. The van der Waals surface area contributed by atoms with Crippen molar-refractivity contribution in [3.8, 4) is 11.5 Å². The Morgan fingerprint density at radius 2 is 1.76 bits per heavy atom. The smallest absolute Gasteiger partial charge is 0.210 e. The van der Waals surface area contributed by atoms with Crippen LogP contribution in [-0.4, -0.2) is 5.78 Å². The lowest BCUT2D eigenvalue weighted by Crippen LogP contribution is -2.17. The molecule has 0 N–H and O–H groups in total. The largest absolute Gasteiger partial charge is 0.458 e. The molecule has 5 heteroatoms. The van der Waals surface area contributed by atoms with Crippen LogP contribution in [-0.2, 0) is 0 Å². The van der Waals surface area contributed by atoms with E-state index in [9.17, 15) is 9.59 Å². The lowest BCUT2D eigenvalue weighted by molar-refractivity contribution is 0.104. The number of para-hydroxylation sites is 1. The van der Waals surface area contributed by atoms with Crippen molar-refractivity contribution in [1.82, 2.24) is 0 Å². The highest BCUT2D eigenvalue weighted by molar-refractivity contribution is 7.14. The molecule has 0 amide bonds. The minimum atomic E-state index is -0.346. The molecule has 3 heterocycles. The van der Waals surface area contributed by atoms with Gasteiger partial charge in [-0.05, 0) is 50.2 Å². The topological polar surface area (TPSA) is 60.4 Å². The summed E-state index contributed by atoms with van der Waals surface area (Å²) in [6.45, 7) is 3.72. The van der Waals surface area contributed by atoms with Gasteiger partial charge in [0.15, 0.2) is 11.5 Å². The molecule has 1 aromatic carbocycles. The quantitative estimate of drug-likeness (QED) is 0.490. The Morgan fingerprint density at radius 1 is 0.960 bits per heavy atom. The van der Waals surface area contributed by atoms with Crippen molar-refractivity contribution in [1.29, 1.82) is 0 Å². The van der Waals surface area contributed by atoms with E-state index >= 15 is 0 Å². The number of fused-ring (bicyclic) bond motifs is 1. The molecule has 124 valence electrons. The first-order valence-electron chi connectivity index (χ1n) is 7.78. The van der Waals surface area contributed by atoms with Crippen LogP contribution in [0.4, 0.5) is 0 Å². The van der Waals surface area contributed by atoms with Crippen LogP contribution in [0.5, 0.6) is 0 Å². The SMILES string of the molecule is Cc1ccc(-c2oc3ccccc3c(=O)c2C(=O)c2ccc(C)s2)o1. The maximum absolute atomic E-state index is 13.0. The van der Waals surface area contributed by atoms with Crippen LogP contribution in [0.15, 0.2) is 62.2 Å². The van der Waals surface area contributed by atoms with Crippen LogP contribution in [0.2, 0.25) is 0 Å². The van der Waals surface area contributed by atoms with E-state index in [4.69, 9.17) is 8.83 Å². The van der Waals surface area contributed by atoms with E-state index in [1.54, 1.807) is 49.4 Å². The fourth-order valence-corrected chi connectivity index (χ4v) is 3.57. The number of ketones is 1. The first kappa shape index (κ1) is 15.6. The standard InChI is InChI=1S/C20H14O4S/c1-11-7-9-15(23-11)20-17(19(22)16-10-8-12(2)25-16)18(21)13-5-3-4-6-14(13)24-20/h3-10H,1-2H3. The second kappa shape index (κ2) is 5.86. The van der Waals surface area contributed by atoms with Gasteiger partial charge < -0.3 is 8.83 Å². The van der Waals surface area contributed by atoms with E-state index in [1.165, 1.54) is 11.3 Å². The number of furan rings is 1. The minimum absolute atomic E-state index is 0.00917. The van der Waals surface area contributed by atoms with Gasteiger partial charge in [0.1, 0.15) is 16.9 Å². The van der Waals surface area contributed by atoms with Gasteiger partial charge in [-0.1, -0.05) is 12.1 Å². The fourth-order valence-electron chi connectivity index (χ4n) is 2.76. The van der Waals surface area contributed by atoms with Crippen LogP contribution >= 0.6 is 11.3 Å². The van der Waals surface area contributed by atoms with Crippen LogP contribution in [0.25, 0.3) is 22.5 Å². The zero-order valence-electron chi connectivity index (χ0n) is 13.7. The van der Waals surface area contributed by atoms with Crippen LogP contribution in [0.1, 0.15) is 25.9 Å². The number of aryl methyl sites for hydroxylation is 2. The average molecular weight is 350 g/mol. The van der Waals surface area contributed by atoms with E-state index in [0.717, 1.165) is 4.88 Å². The molecule has 0 aliphatic rings. The predicted octanol–water partition coefficient (Wildman–Crippen LogP) is 4.96. The minimum Gasteiger partial charge on any atom is -0.458 e. The van der Waals surface area contributed by atoms with E-state index in [1.807, 2.05) is 13.0 Å². The highest BCUT2D eigenvalue weighted by Crippen LogP contribution is 2.30. The second-order valence-corrected chi connectivity index (χ2v) is 7.07. The molecule has 0 aliphatic heterocycles. The van der Waals surface area contributed by atoms with Gasteiger partial charge in [-0.2, -0.15) is 0 Å². The molecule has 0 unspecified atom stereocenters. The number of hydrogen-bond acceptors (Lipinski definition) is 5. The van der Waals surface area contributed by atoms with Crippen molar-refractivity contribution in [2.75, 3.05) is 0 Å². The number of benzene rings is 1. The van der Waals surface area contributed by atoms with Gasteiger partial charge in [-0.3, -0.25) is 9.59 Å². The molecule has 25 heavy (non-hydrogen) atoms. The summed E-state index contributed by atoms with van der Waals surface area (Å²) in [7, 11) is 0. The summed E-state index contributed by atoms with van der Waals surface area (Å²) in [5, 5.41) is 0.381. The molecule has 0 saturated carbocycles.